The van der Waals surface area contributed by atoms with E-state index in [9.17, 15) is 9.90 Å². The maximum Gasteiger partial charge on any atom is 0.255 e. The van der Waals surface area contributed by atoms with Gasteiger partial charge in [-0.05, 0) is 82.1 Å². The van der Waals surface area contributed by atoms with Gasteiger partial charge in [-0.2, -0.15) is 0 Å². The Morgan fingerprint density at radius 3 is 1.94 bits per heavy atom. The molecule has 49 heavy (non-hydrogen) atoms. The van der Waals surface area contributed by atoms with E-state index in [1.807, 2.05) is 23.1 Å². The average molecular weight is 665 g/mol. The number of phenols is 1. The number of benzene rings is 4. The highest BCUT2D eigenvalue weighted by molar-refractivity contribution is 6.02. The molecule has 0 radical (unpaired) electrons. The van der Waals surface area contributed by atoms with Gasteiger partial charge in [0.2, 0.25) is 0 Å². The summed E-state index contributed by atoms with van der Waals surface area (Å²) in [6.45, 7) is 14.8. The normalized spacial score (nSPS) is 13.7. The molecule has 2 aliphatic rings. The molecule has 0 unspecified atom stereocenters. The number of anilines is 2. The van der Waals surface area contributed by atoms with E-state index in [4.69, 9.17) is 19.6 Å². The summed E-state index contributed by atoms with van der Waals surface area (Å²) >= 11 is 0. The van der Waals surface area contributed by atoms with Gasteiger partial charge in [0.25, 0.3) is 5.91 Å². The molecule has 2 N–H and O–H groups in total. The first-order valence-electron chi connectivity index (χ1n) is 17.2. The van der Waals surface area contributed by atoms with E-state index in [0.717, 1.165) is 71.3 Å². The molecular formula is C40H48N4O5. The molecule has 0 aliphatic carbocycles. The Morgan fingerprint density at radius 2 is 1.39 bits per heavy atom. The van der Waals surface area contributed by atoms with E-state index in [2.05, 4.69) is 80.0 Å². The maximum atomic E-state index is 14.4. The van der Waals surface area contributed by atoms with Crippen molar-refractivity contribution in [3.05, 3.63) is 107 Å². The topological polar surface area (TPSA) is 98.1 Å². The van der Waals surface area contributed by atoms with Crippen LogP contribution in [0, 0.1) is 0 Å². The van der Waals surface area contributed by atoms with Crippen molar-refractivity contribution in [2.75, 3.05) is 62.8 Å². The summed E-state index contributed by atoms with van der Waals surface area (Å²) in [5.41, 5.74) is 5.60. The number of amides is 1. The number of ether oxygens (including phenoxy) is 2. The summed E-state index contributed by atoms with van der Waals surface area (Å²) in [7, 11) is 1.52. The van der Waals surface area contributed by atoms with Crippen LogP contribution in [0.25, 0.3) is 0 Å². The number of aliphatic hydroxyl groups excluding tert-OH is 1. The molecule has 0 aromatic heterocycles. The number of carbonyl (C=O) groups is 1. The van der Waals surface area contributed by atoms with Crippen LogP contribution in [-0.2, 0) is 5.54 Å². The Hall–Kier alpha value is -5.02. The van der Waals surface area contributed by atoms with Crippen molar-refractivity contribution in [2.45, 2.75) is 40.2 Å². The van der Waals surface area contributed by atoms with Crippen molar-refractivity contribution in [1.82, 2.24) is 4.90 Å². The van der Waals surface area contributed by atoms with Gasteiger partial charge in [0, 0.05) is 85.7 Å². The number of fused-ring (bicyclic) bond motifs is 6. The van der Waals surface area contributed by atoms with E-state index in [1.54, 1.807) is 31.3 Å². The van der Waals surface area contributed by atoms with Crippen molar-refractivity contribution in [1.29, 1.82) is 0 Å². The van der Waals surface area contributed by atoms with Crippen LogP contribution >= 0.6 is 0 Å². The number of aliphatic imine (C=N–C) groups is 1. The number of carbonyl (C=O) groups excluding carboxylic acids is 1. The summed E-state index contributed by atoms with van der Waals surface area (Å²) in [5, 5.41) is 17.6. The van der Waals surface area contributed by atoms with Gasteiger partial charge >= 0.3 is 0 Å². The molecule has 9 nitrogen and oxygen atoms in total. The van der Waals surface area contributed by atoms with Crippen molar-refractivity contribution in [3.63, 3.8) is 0 Å². The van der Waals surface area contributed by atoms with Crippen molar-refractivity contribution in [3.8, 4) is 23.0 Å². The molecule has 0 fully saturated rings. The Labute approximate surface area is 290 Å². The van der Waals surface area contributed by atoms with Gasteiger partial charge in [-0.25, -0.2) is 0 Å². The second kappa shape index (κ2) is 15.5. The molecule has 0 atom stereocenters. The van der Waals surface area contributed by atoms with Crippen molar-refractivity contribution >= 4 is 23.5 Å². The largest absolute Gasteiger partial charge is 0.504 e. The van der Waals surface area contributed by atoms with Crippen molar-refractivity contribution < 1.29 is 24.5 Å². The number of aliphatic hydroxyl groups is 1. The molecule has 258 valence electrons. The number of nitrogens with zero attached hydrogens (tertiary/aromatic N) is 4. The van der Waals surface area contributed by atoms with Crippen LogP contribution in [0.2, 0.25) is 0 Å². The van der Waals surface area contributed by atoms with Crippen LogP contribution in [-0.4, -0.2) is 80.2 Å². The Bertz CT molecular complexity index is 1740. The predicted octanol–water partition coefficient (Wildman–Crippen LogP) is 7.06. The third-order valence-corrected chi connectivity index (χ3v) is 9.28. The number of methoxy groups -OCH3 is 1. The Balaban J connectivity index is 0.00000151. The highest BCUT2D eigenvalue weighted by atomic mass is 16.5. The quantitative estimate of drug-likeness (QED) is 0.166. The zero-order chi connectivity index (χ0) is 35.1. The first-order valence-corrected chi connectivity index (χ1v) is 17.2. The fourth-order valence-corrected chi connectivity index (χ4v) is 7.00. The fraction of sp³-hybridized carbons (Fsp3) is 0.350. The van der Waals surface area contributed by atoms with Crippen LogP contribution in [0.1, 0.15) is 67.2 Å². The van der Waals surface area contributed by atoms with Crippen LogP contribution in [0.4, 0.5) is 11.4 Å². The average Bonchev–Trinajstić information content (AvgIpc) is 3.36. The third-order valence-electron chi connectivity index (χ3n) is 9.28. The molecule has 1 spiro atoms. The van der Waals surface area contributed by atoms with Gasteiger partial charge in [0.05, 0.1) is 13.7 Å². The lowest BCUT2D eigenvalue weighted by atomic mass is 9.74. The number of phenolic OH excluding ortho intramolecular Hbond substituents is 1. The molecule has 6 rings (SSSR count). The molecule has 9 heteroatoms. The highest BCUT2D eigenvalue weighted by Crippen LogP contribution is 2.58. The van der Waals surface area contributed by atoms with E-state index >= 15 is 0 Å². The SMILES string of the molecule is CCN(CC)c1ccc2c(c1)Oc1cc(N(CC)CC)ccc1C21c2ccccc2C(=O)N1CCN=Cc1ccc(O)c(OC)c1.CCO. The highest BCUT2D eigenvalue weighted by Gasteiger charge is 2.56. The zero-order valence-electron chi connectivity index (χ0n) is 29.4. The summed E-state index contributed by atoms with van der Waals surface area (Å²) in [5.74, 6) is 1.94. The lowest BCUT2D eigenvalue weighted by molar-refractivity contribution is 0.0673. The van der Waals surface area contributed by atoms with E-state index < -0.39 is 5.54 Å². The molecule has 4 aromatic carbocycles. The third kappa shape index (κ3) is 6.43. The van der Waals surface area contributed by atoms with Gasteiger partial charge in [-0.1, -0.05) is 30.3 Å². The molecule has 0 bridgehead atoms. The van der Waals surface area contributed by atoms with Gasteiger partial charge in [0.15, 0.2) is 11.5 Å². The number of hydrogen-bond donors (Lipinski definition) is 2. The predicted molar refractivity (Wildman–Crippen MR) is 197 cm³/mol. The molecule has 0 saturated heterocycles. The summed E-state index contributed by atoms with van der Waals surface area (Å²) in [6, 6.07) is 25.9. The second-order valence-electron chi connectivity index (χ2n) is 11.8. The fourth-order valence-electron chi connectivity index (χ4n) is 7.00. The van der Waals surface area contributed by atoms with E-state index in [-0.39, 0.29) is 18.3 Å². The molecule has 2 heterocycles. The van der Waals surface area contributed by atoms with Crippen LogP contribution in [0.5, 0.6) is 23.0 Å². The molecule has 0 saturated carbocycles. The summed E-state index contributed by atoms with van der Waals surface area (Å²) in [6.07, 6.45) is 1.75. The van der Waals surface area contributed by atoms with Gasteiger partial charge in [-0.3, -0.25) is 9.79 Å². The lowest BCUT2D eigenvalue weighted by Crippen LogP contribution is -2.48. The molecule has 4 aromatic rings. The molecular weight excluding hydrogens is 616 g/mol. The molecule has 1 amide bonds. The standard InChI is InChI=1S/C38H42N4O4.C2H6O/c1-6-40(7-2)27-15-17-31-34(23-27)46-35-24-28(41(8-3)9-4)16-18-32(35)38(31)30-13-11-10-12-29(30)37(44)42(38)21-20-39-25-26-14-19-33(43)36(22-26)45-5;1-2-3/h10-19,22-25,43H,6-9,20-21H2,1-5H3;3H,2H2,1H3. The van der Waals surface area contributed by atoms with Crippen LogP contribution in [0.15, 0.2) is 83.9 Å². The van der Waals surface area contributed by atoms with E-state index in [1.165, 1.54) is 7.11 Å². The van der Waals surface area contributed by atoms with Crippen molar-refractivity contribution in [2.24, 2.45) is 4.99 Å². The number of rotatable bonds is 11. The zero-order valence-corrected chi connectivity index (χ0v) is 29.4. The second-order valence-corrected chi connectivity index (χ2v) is 11.8. The lowest BCUT2D eigenvalue weighted by Gasteiger charge is -2.44. The molecule has 2 aliphatic heterocycles. The van der Waals surface area contributed by atoms with Gasteiger partial charge in [-0.15, -0.1) is 0 Å². The number of aromatic hydroxyl groups is 1. The minimum atomic E-state index is -0.891. The first kappa shape index (κ1) is 35.3. The first-order chi connectivity index (χ1) is 23.8. The number of hydrogen-bond acceptors (Lipinski definition) is 8. The maximum absolute atomic E-state index is 14.4. The smallest absolute Gasteiger partial charge is 0.255 e. The monoisotopic (exact) mass is 664 g/mol. The van der Waals surface area contributed by atoms with E-state index in [0.29, 0.717) is 24.4 Å². The van der Waals surface area contributed by atoms with Crippen LogP contribution in [0.3, 0.4) is 0 Å². The van der Waals surface area contributed by atoms with Crippen LogP contribution < -0.4 is 19.3 Å². The minimum Gasteiger partial charge on any atom is -0.504 e. The van der Waals surface area contributed by atoms with Gasteiger partial charge < -0.3 is 34.4 Å². The Morgan fingerprint density at radius 1 is 0.816 bits per heavy atom. The minimum absolute atomic E-state index is 0.0310. The van der Waals surface area contributed by atoms with Gasteiger partial charge in [0.1, 0.15) is 17.0 Å². The summed E-state index contributed by atoms with van der Waals surface area (Å²) < 4.78 is 12.0. The Kier molecular flexibility index (Phi) is 11.1. The summed E-state index contributed by atoms with van der Waals surface area (Å²) in [4.78, 5) is 25.7.